The van der Waals surface area contributed by atoms with Crippen LogP contribution in [0, 0.1) is 0 Å². The van der Waals surface area contributed by atoms with E-state index in [0.717, 1.165) is 17.8 Å². The van der Waals surface area contributed by atoms with E-state index >= 15 is 0 Å². The molecule has 1 aliphatic carbocycles. The van der Waals surface area contributed by atoms with Crippen LogP contribution in [0.3, 0.4) is 0 Å². The van der Waals surface area contributed by atoms with Gasteiger partial charge in [-0.15, -0.1) is 0 Å². The Bertz CT molecular complexity index is 808. The summed E-state index contributed by atoms with van der Waals surface area (Å²) in [5.74, 6) is -0.777. The summed E-state index contributed by atoms with van der Waals surface area (Å²) in [5.41, 5.74) is 0.441. The number of aromatic nitrogens is 2. The zero-order valence-corrected chi connectivity index (χ0v) is 14.2. The van der Waals surface area contributed by atoms with Crippen molar-refractivity contribution in [2.75, 3.05) is 13.2 Å². The number of pyridine rings is 2. The molecule has 138 valence electrons. The largest absolute Gasteiger partial charge is 0.468 e. The van der Waals surface area contributed by atoms with E-state index in [1.807, 2.05) is 0 Å². The first kappa shape index (κ1) is 17.5. The molecular formula is C17H14ClF3N2O3. The smallest absolute Gasteiger partial charge is 0.417 e. The molecule has 1 spiro atoms. The van der Waals surface area contributed by atoms with Crippen LogP contribution in [0.25, 0.3) is 0 Å². The monoisotopic (exact) mass is 386 g/mol. The molecule has 1 fully saturated rings. The van der Waals surface area contributed by atoms with Crippen molar-refractivity contribution in [1.82, 2.24) is 9.97 Å². The third kappa shape index (κ3) is 3.13. The van der Waals surface area contributed by atoms with E-state index in [4.69, 9.17) is 25.8 Å². The molecule has 26 heavy (non-hydrogen) atoms. The molecule has 5 nitrogen and oxygen atoms in total. The number of alkyl halides is 3. The zero-order chi connectivity index (χ0) is 18.4. The number of ether oxygens (including phenoxy) is 3. The van der Waals surface area contributed by atoms with Gasteiger partial charge in [-0.3, -0.25) is 0 Å². The predicted molar refractivity (Wildman–Crippen MR) is 84.7 cm³/mol. The molecule has 3 heterocycles. The van der Waals surface area contributed by atoms with Gasteiger partial charge in [0.25, 0.3) is 0 Å². The third-order valence-electron chi connectivity index (χ3n) is 4.42. The summed E-state index contributed by atoms with van der Waals surface area (Å²) in [6.07, 6.45) is -3.17. The van der Waals surface area contributed by atoms with E-state index in [0.29, 0.717) is 31.7 Å². The zero-order valence-electron chi connectivity index (χ0n) is 13.4. The molecule has 1 saturated heterocycles. The highest BCUT2D eigenvalue weighted by Gasteiger charge is 2.46. The minimum atomic E-state index is -4.44. The first-order chi connectivity index (χ1) is 12.4. The van der Waals surface area contributed by atoms with Gasteiger partial charge in [-0.2, -0.15) is 13.2 Å². The standard InChI is InChI=1S/C17H14ClF3N2O3/c18-13-3-2-11-15(23-13)12(5-6-16(11)24-7-8-25-16)26-14-4-1-10(9-22-14)17(19,20)21/h1-4,9,12H,5-8H2. The third-order valence-corrected chi connectivity index (χ3v) is 4.63. The second kappa shape index (κ2) is 6.37. The normalized spacial score (nSPS) is 21.6. The lowest BCUT2D eigenvalue weighted by molar-refractivity contribution is -0.182. The summed E-state index contributed by atoms with van der Waals surface area (Å²) in [4.78, 5) is 8.10. The highest BCUT2D eigenvalue weighted by Crippen LogP contribution is 2.46. The van der Waals surface area contributed by atoms with E-state index in [9.17, 15) is 13.2 Å². The Kier molecular flexibility index (Phi) is 4.29. The second-order valence-corrected chi connectivity index (χ2v) is 6.43. The van der Waals surface area contributed by atoms with Gasteiger partial charge in [-0.05, 0) is 24.6 Å². The summed E-state index contributed by atoms with van der Waals surface area (Å²) in [6.45, 7) is 0.960. The van der Waals surface area contributed by atoms with Crippen molar-refractivity contribution < 1.29 is 27.4 Å². The lowest BCUT2D eigenvalue weighted by Crippen LogP contribution is -2.35. The van der Waals surface area contributed by atoms with Crippen molar-refractivity contribution in [2.24, 2.45) is 0 Å². The lowest BCUT2D eigenvalue weighted by Gasteiger charge is -2.36. The number of nitrogens with zero attached hydrogens (tertiary/aromatic N) is 2. The molecular weight excluding hydrogens is 373 g/mol. The van der Waals surface area contributed by atoms with Gasteiger partial charge in [0, 0.05) is 24.2 Å². The van der Waals surface area contributed by atoms with Gasteiger partial charge < -0.3 is 14.2 Å². The van der Waals surface area contributed by atoms with E-state index in [2.05, 4.69) is 9.97 Å². The fourth-order valence-electron chi connectivity index (χ4n) is 3.24. The van der Waals surface area contributed by atoms with Gasteiger partial charge in [0.05, 0.1) is 24.5 Å². The maximum absolute atomic E-state index is 12.7. The minimum Gasteiger partial charge on any atom is -0.468 e. The van der Waals surface area contributed by atoms with E-state index in [1.165, 1.54) is 6.07 Å². The second-order valence-electron chi connectivity index (χ2n) is 6.04. The molecule has 2 aromatic rings. The molecule has 0 bridgehead atoms. The summed E-state index contributed by atoms with van der Waals surface area (Å²) in [7, 11) is 0. The van der Waals surface area contributed by atoms with Crippen LogP contribution in [0.5, 0.6) is 5.88 Å². The van der Waals surface area contributed by atoms with E-state index in [-0.39, 0.29) is 11.0 Å². The van der Waals surface area contributed by atoms with Gasteiger partial charge in [-0.25, -0.2) is 9.97 Å². The molecule has 0 amide bonds. The van der Waals surface area contributed by atoms with Crippen LogP contribution in [0.15, 0.2) is 30.5 Å². The van der Waals surface area contributed by atoms with Crippen LogP contribution in [-0.2, 0) is 21.4 Å². The van der Waals surface area contributed by atoms with Crippen LogP contribution in [0.1, 0.15) is 35.8 Å². The summed E-state index contributed by atoms with van der Waals surface area (Å²) < 4.78 is 55.4. The SMILES string of the molecule is FC(F)(F)c1ccc(OC2CCC3(OCCO3)c3ccc(Cl)nc32)nc1. The average molecular weight is 387 g/mol. The van der Waals surface area contributed by atoms with Crippen molar-refractivity contribution in [3.63, 3.8) is 0 Å². The molecule has 1 unspecified atom stereocenters. The van der Waals surface area contributed by atoms with Crippen molar-refractivity contribution in [3.05, 3.63) is 52.4 Å². The molecule has 0 aromatic carbocycles. The Balaban J connectivity index is 1.62. The van der Waals surface area contributed by atoms with Crippen LogP contribution < -0.4 is 4.74 Å². The Labute approximate surface area is 152 Å². The van der Waals surface area contributed by atoms with Crippen LogP contribution >= 0.6 is 11.6 Å². The quantitative estimate of drug-likeness (QED) is 0.722. The number of fused-ring (bicyclic) bond motifs is 2. The molecule has 2 aromatic heterocycles. The van der Waals surface area contributed by atoms with E-state index < -0.39 is 23.6 Å². The lowest BCUT2D eigenvalue weighted by atomic mass is 9.88. The maximum Gasteiger partial charge on any atom is 0.417 e. The maximum atomic E-state index is 12.7. The first-order valence-corrected chi connectivity index (χ1v) is 8.40. The van der Waals surface area contributed by atoms with Gasteiger partial charge in [0.1, 0.15) is 11.3 Å². The molecule has 1 aliphatic heterocycles. The van der Waals surface area contributed by atoms with Crippen molar-refractivity contribution >= 4 is 11.6 Å². The number of hydrogen-bond acceptors (Lipinski definition) is 5. The van der Waals surface area contributed by atoms with Crippen LogP contribution in [0.2, 0.25) is 5.15 Å². The Morgan fingerprint density at radius 3 is 2.58 bits per heavy atom. The van der Waals surface area contributed by atoms with Gasteiger partial charge in [0.15, 0.2) is 5.79 Å². The highest BCUT2D eigenvalue weighted by atomic mass is 35.5. The van der Waals surface area contributed by atoms with Crippen molar-refractivity contribution in [3.8, 4) is 5.88 Å². The molecule has 2 aliphatic rings. The van der Waals surface area contributed by atoms with Crippen LogP contribution in [0.4, 0.5) is 13.2 Å². The highest BCUT2D eigenvalue weighted by molar-refractivity contribution is 6.29. The molecule has 0 saturated carbocycles. The number of rotatable bonds is 2. The summed E-state index contributed by atoms with van der Waals surface area (Å²) in [5, 5.41) is 0.285. The molecule has 1 atom stereocenters. The summed E-state index contributed by atoms with van der Waals surface area (Å²) in [6, 6.07) is 5.56. The fourth-order valence-corrected chi connectivity index (χ4v) is 3.40. The molecule has 9 heteroatoms. The predicted octanol–water partition coefficient (Wildman–Crippen LogP) is 4.26. The first-order valence-electron chi connectivity index (χ1n) is 8.02. The van der Waals surface area contributed by atoms with Crippen LogP contribution in [-0.4, -0.2) is 23.2 Å². The topological polar surface area (TPSA) is 53.5 Å². The van der Waals surface area contributed by atoms with Gasteiger partial charge in [0.2, 0.25) is 5.88 Å². The molecule has 0 N–H and O–H groups in total. The Morgan fingerprint density at radius 2 is 1.92 bits per heavy atom. The average Bonchev–Trinajstić information content (AvgIpc) is 3.07. The van der Waals surface area contributed by atoms with Crippen molar-refractivity contribution in [1.29, 1.82) is 0 Å². The van der Waals surface area contributed by atoms with E-state index in [1.54, 1.807) is 12.1 Å². The van der Waals surface area contributed by atoms with Gasteiger partial charge in [-0.1, -0.05) is 11.6 Å². The number of hydrogen-bond donors (Lipinski definition) is 0. The number of halogens is 4. The van der Waals surface area contributed by atoms with Gasteiger partial charge >= 0.3 is 6.18 Å². The Hall–Kier alpha value is -1.90. The Morgan fingerprint density at radius 1 is 1.15 bits per heavy atom. The minimum absolute atomic E-state index is 0.0833. The summed E-state index contributed by atoms with van der Waals surface area (Å²) >= 11 is 6.02. The molecule has 0 radical (unpaired) electrons. The molecule has 4 rings (SSSR count). The van der Waals surface area contributed by atoms with Crippen molar-refractivity contribution in [2.45, 2.75) is 30.9 Å². The fraction of sp³-hybridized carbons (Fsp3) is 0.412.